The molecule has 1 saturated heterocycles. The molecule has 37 heavy (non-hydrogen) atoms. The molecule has 0 spiro atoms. The van der Waals surface area contributed by atoms with Gasteiger partial charge in [0, 0.05) is 18.2 Å². The molecule has 1 saturated carbocycles. The standard InChI is InChI=1S/C27H28F2N6O2/c1-16-30-12-11-23(32-16)31-14-24(36)35-15-19(28)13-22(35)27(37)34-25(18-5-3-2-4-6-18)21-10-9-20(17-7-8-17)26(29)33-21/h2-6,9-12,17,19,22,25H,7-8,13-15H2,1H3,(H,34,37)(H,30,31,32)/t19-,22+,25+/m1/s1. The van der Waals surface area contributed by atoms with E-state index >= 15 is 0 Å². The van der Waals surface area contributed by atoms with Crippen LogP contribution in [0, 0.1) is 12.9 Å². The van der Waals surface area contributed by atoms with E-state index in [9.17, 15) is 18.4 Å². The number of rotatable bonds is 8. The first-order valence-corrected chi connectivity index (χ1v) is 12.4. The van der Waals surface area contributed by atoms with Crippen molar-refractivity contribution in [2.75, 3.05) is 18.4 Å². The summed E-state index contributed by atoms with van der Waals surface area (Å²) in [6.45, 7) is 1.40. The van der Waals surface area contributed by atoms with Gasteiger partial charge in [0.25, 0.3) is 0 Å². The molecule has 2 aromatic heterocycles. The van der Waals surface area contributed by atoms with Crippen LogP contribution in [0.15, 0.2) is 54.7 Å². The predicted molar refractivity (Wildman–Crippen MR) is 133 cm³/mol. The van der Waals surface area contributed by atoms with Crippen molar-refractivity contribution in [3.8, 4) is 0 Å². The topological polar surface area (TPSA) is 100 Å². The summed E-state index contributed by atoms with van der Waals surface area (Å²) >= 11 is 0. The number of aryl methyl sites for hydroxylation is 1. The fourth-order valence-electron chi connectivity index (χ4n) is 4.66. The van der Waals surface area contributed by atoms with Crippen LogP contribution in [-0.2, 0) is 9.59 Å². The van der Waals surface area contributed by atoms with E-state index in [0.29, 0.717) is 28.5 Å². The maximum absolute atomic E-state index is 14.8. The maximum atomic E-state index is 14.8. The summed E-state index contributed by atoms with van der Waals surface area (Å²) in [7, 11) is 0. The molecule has 0 unspecified atom stereocenters. The molecular formula is C27H28F2N6O2. The van der Waals surface area contributed by atoms with Crippen molar-refractivity contribution in [3.63, 3.8) is 0 Å². The highest BCUT2D eigenvalue weighted by molar-refractivity contribution is 5.90. The largest absolute Gasteiger partial charge is 0.361 e. The van der Waals surface area contributed by atoms with Crippen LogP contribution in [0.5, 0.6) is 0 Å². The zero-order chi connectivity index (χ0) is 25.9. The van der Waals surface area contributed by atoms with Crippen molar-refractivity contribution in [3.05, 3.63) is 83.3 Å². The van der Waals surface area contributed by atoms with Gasteiger partial charge in [-0.1, -0.05) is 36.4 Å². The first kappa shape index (κ1) is 24.7. The van der Waals surface area contributed by atoms with Gasteiger partial charge >= 0.3 is 0 Å². The second kappa shape index (κ2) is 10.6. The summed E-state index contributed by atoms with van der Waals surface area (Å²) in [5, 5.41) is 5.81. The maximum Gasteiger partial charge on any atom is 0.243 e. The summed E-state index contributed by atoms with van der Waals surface area (Å²) in [6, 6.07) is 12.4. The third kappa shape index (κ3) is 5.73. The van der Waals surface area contributed by atoms with Crippen molar-refractivity contribution in [2.24, 2.45) is 0 Å². The number of likely N-dealkylation sites (tertiary alicyclic amines) is 1. The molecule has 8 nitrogen and oxygen atoms in total. The van der Waals surface area contributed by atoms with E-state index < -0.39 is 36.0 Å². The van der Waals surface area contributed by atoms with Gasteiger partial charge in [0.2, 0.25) is 17.8 Å². The zero-order valence-corrected chi connectivity index (χ0v) is 20.4. The normalized spacial score (nSPS) is 19.9. The number of nitrogens with one attached hydrogen (secondary N) is 2. The Morgan fingerprint density at radius 2 is 1.89 bits per heavy atom. The van der Waals surface area contributed by atoms with Gasteiger partial charge in [-0.2, -0.15) is 4.39 Å². The van der Waals surface area contributed by atoms with Gasteiger partial charge in [0.15, 0.2) is 0 Å². The molecule has 3 heterocycles. The molecule has 2 amide bonds. The van der Waals surface area contributed by atoms with Gasteiger partial charge in [-0.15, -0.1) is 0 Å². The number of aromatic nitrogens is 3. The Hall–Kier alpha value is -3.95. The van der Waals surface area contributed by atoms with Crippen molar-refractivity contribution < 1.29 is 18.4 Å². The number of anilines is 1. The number of carbonyl (C=O) groups excluding carboxylic acids is 2. The average molecular weight is 507 g/mol. The Balaban J connectivity index is 1.33. The number of nitrogens with zero attached hydrogens (tertiary/aromatic N) is 4. The zero-order valence-electron chi connectivity index (χ0n) is 20.4. The Labute approximate surface area is 213 Å². The van der Waals surface area contributed by atoms with Crippen molar-refractivity contribution >= 4 is 17.6 Å². The third-order valence-corrected chi connectivity index (χ3v) is 6.70. The van der Waals surface area contributed by atoms with E-state index in [4.69, 9.17) is 0 Å². The van der Waals surface area contributed by atoms with Crippen molar-refractivity contribution in [2.45, 2.75) is 50.4 Å². The summed E-state index contributed by atoms with van der Waals surface area (Å²) < 4.78 is 29.2. The number of pyridine rings is 1. The monoisotopic (exact) mass is 506 g/mol. The predicted octanol–water partition coefficient (Wildman–Crippen LogP) is 3.45. The summed E-state index contributed by atoms with van der Waals surface area (Å²) in [6.07, 6.45) is 2.01. The van der Waals surface area contributed by atoms with Crippen LogP contribution >= 0.6 is 0 Å². The quantitative estimate of drug-likeness (QED) is 0.454. The minimum Gasteiger partial charge on any atom is -0.361 e. The smallest absolute Gasteiger partial charge is 0.243 e. The van der Waals surface area contributed by atoms with Gasteiger partial charge in [-0.3, -0.25) is 9.59 Å². The summed E-state index contributed by atoms with van der Waals surface area (Å²) in [5.41, 5.74) is 1.63. The lowest BCUT2D eigenvalue weighted by molar-refractivity contribution is -0.137. The molecule has 1 aliphatic heterocycles. The number of benzene rings is 1. The highest BCUT2D eigenvalue weighted by atomic mass is 19.1. The molecule has 2 N–H and O–H groups in total. The van der Waals surface area contributed by atoms with Crippen LogP contribution in [0.2, 0.25) is 0 Å². The van der Waals surface area contributed by atoms with Crippen molar-refractivity contribution in [1.29, 1.82) is 0 Å². The van der Waals surface area contributed by atoms with E-state index in [-0.39, 0.29) is 25.4 Å². The number of carbonyl (C=O) groups is 2. The molecule has 2 aliphatic rings. The molecule has 1 aromatic carbocycles. The Morgan fingerprint density at radius 3 is 2.59 bits per heavy atom. The molecule has 5 rings (SSSR count). The summed E-state index contributed by atoms with van der Waals surface area (Å²) in [4.78, 5) is 40.0. The average Bonchev–Trinajstić information content (AvgIpc) is 3.66. The third-order valence-electron chi connectivity index (χ3n) is 6.70. The van der Waals surface area contributed by atoms with Crippen LogP contribution in [0.3, 0.4) is 0 Å². The Kier molecular flexibility index (Phi) is 7.07. The van der Waals surface area contributed by atoms with E-state index in [0.717, 1.165) is 12.8 Å². The Morgan fingerprint density at radius 1 is 1.11 bits per heavy atom. The molecule has 0 bridgehead atoms. The van der Waals surface area contributed by atoms with Gasteiger partial charge in [-0.05, 0) is 43.4 Å². The number of amides is 2. The highest BCUT2D eigenvalue weighted by Gasteiger charge is 2.40. The van der Waals surface area contributed by atoms with Crippen LogP contribution in [0.4, 0.5) is 14.6 Å². The van der Waals surface area contributed by atoms with Crippen LogP contribution in [-0.4, -0.2) is 57.0 Å². The van der Waals surface area contributed by atoms with E-state index in [1.54, 1.807) is 31.3 Å². The molecule has 3 atom stereocenters. The van der Waals surface area contributed by atoms with E-state index in [1.807, 2.05) is 30.3 Å². The van der Waals surface area contributed by atoms with Crippen LogP contribution < -0.4 is 10.6 Å². The van der Waals surface area contributed by atoms with E-state index in [1.165, 1.54) is 4.90 Å². The first-order chi connectivity index (χ1) is 17.9. The lowest BCUT2D eigenvalue weighted by Gasteiger charge is -2.27. The van der Waals surface area contributed by atoms with Crippen LogP contribution in [0.25, 0.3) is 0 Å². The van der Waals surface area contributed by atoms with E-state index in [2.05, 4.69) is 25.6 Å². The molecular weight excluding hydrogens is 478 g/mol. The van der Waals surface area contributed by atoms with Crippen LogP contribution in [0.1, 0.15) is 53.9 Å². The minimum atomic E-state index is -1.33. The summed E-state index contributed by atoms with van der Waals surface area (Å²) in [5.74, 6) is -0.278. The lowest BCUT2D eigenvalue weighted by Crippen LogP contribution is -2.48. The molecule has 192 valence electrons. The van der Waals surface area contributed by atoms with Crippen molar-refractivity contribution in [1.82, 2.24) is 25.2 Å². The number of hydrogen-bond acceptors (Lipinski definition) is 6. The first-order valence-electron chi connectivity index (χ1n) is 12.4. The highest BCUT2D eigenvalue weighted by Crippen LogP contribution is 2.41. The number of alkyl halides is 1. The van der Waals surface area contributed by atoms with Gasteiger partial charge in [0.05, 0.1) is 24.8 Å². The molecule has 1 aliphatic carbocycles. The number of halogens is 2. The fraction of sp³-hybridized carbons (Fsp3) is 0.370. The van der Waals surface area contributed by atoms with Gasteiger partial charge < -0.3 is 15.5 Å². The molecule has 0 radical (unpaired) electrons. The SMILES string of the molecule is Cc1nccc(NCC(=O)N2C[C@H](F)C[C@H]2C(=O)N[C@@H](c2ccccc2)c2ccc(C3CC3)c(F)n2)n1. The minimum absolute atomic E-state index is 0.117. The lowest BCUT2D eigenvalue weighted by atomic mass is 10.0. The second-order valence-electron chi connectivity index (χ2n) is 9.48. The number of hydrogen-bond donors (Lipinski definition) is 2. The Bertz CT molecular complexity index is 1290. The molecule has 3 aromatic rings. The molecule has 10 heteroatoms. The van der Waals surface area contributed by atoms with Gasteiger partial charge in [-0.25, -0.2) is 19.3 Å². The fourth-order valence-corrected chi connectivity index (χ4v) is 4.66. The van der Waals surface area contributed by atoms with Gasteiger partial charge in [0.1, 0.15) is 23.9 Å². The molecule has 2 fully saturated rings. The second-order valence-corrected chi connectivity index (χ2v) is 9.48.